The molecule has 1 unspecified atom stereocenters. The van der Waals surface area contributed by atoms with E-state index in [9.17, 15) is 0 Å². The molecule has 0 aliphatic carbocycles. The minimum Gasteiger partial charge on any atom is -0.317 e. The van der Waals surface area contributed by atoms with Gasteiger partial charge in [0, 0.05) is 6.04 Å². The smallest absolute Gasteiger partial charge is 0.0104 e. The number of unbranched alkanes of at least 4 members (excludes halogenated alkanes) is 3. The van der Waals surface area contributed by atoms with Gasteiger partial charge >= 0.3 is 0 Å². The monoisotopic (exact) mass is 268 g/mol. The molecule has 0 aromatic rings. The van der Waals surface area contributed by atoms with Crippen LogP contribution in [0.3, 0.4) is 0 Å². The lowest BCUT2D eigenvalue weighted by molar-refractivity contribution is 0.175. The van der Waals surface area contributed by atoms with Crippen molar-refractivity contribution in [1.29, 1.82) is 0 Å². The van der Waals surface area contributed by atoms with Crippen LogP contribution >= 0.6 is 0 Å². The van der Waals surface area contributed by atoms with Gasteiger partial charge in [0.25, 0.3) is 0 Å². The highest BCUT2D eigenvalue weighted by Gasteiger charge is 2.17. The molecule has 1 aliphatic rings. The molecule has 1 fully saturated rings. The molecule has 1 heterocycles. The van der Waals surface area contributed by atoms with Crippen molar-refractivity contribution in [2.24, 2.45) is 5.92 Å². The van der Waals surface area contributed by atoms with E-state index in [0.717, 1.165) is 12.0 Å². The van der Waals surface area contributed by atoms with E-state index in [1.54, 1.807) is 0 Å². The second kappa shape index (κ2) is 10.7. The maximum absolute atomic E-state index is 3.63. The lowest BCUT2D eigenvalue weighted by atomic mass is 10.0. The van der Waals surface area contributed by atoms with Crippen LogP contribution in [-0.4, -0.2) is 37.6 Å². The van der Waals surface area contributed by atoms with Crippen LogP contribution in [0.15, 0.2) is 0 Å². The van der Waals surface area contributed by atoms with Gasteiger partial charge in [-0.05, 0) is 58.3 Å². The molecule has 0 radical (unpaired) electrons. The molecule has 1 atom stereocenters. The fourth-order valence-electron chi connectivity index (χ4n) is 3.06. The highest BCUT2D eigenvalue weighted by Crippen LogP contribution is 2.17. The van der Waals surface area contributed by atoms with Gasteiger partial charge in [0.05, 0.1) is 0 Å². The first kappa shape index (κ1) is 17.0. The minimum absolute atomic E-state index is 0.840. The van der Waals surface area contributed by atoms with Crippen LogP contribution in [0.4, 0.5) is 0 Å². The predicted molar refractivity (Wildman–Crippen MR) is 85.7 cm³/mol. The van der Waals surface area contributed by atoms with Gasteiger partial charge in [0.1, 0.15) is 0 Å². The van der Waals surface area contributed by atoms with Gasteiger partial charge in [-0.2, -0.15) is 0 Å². The van der Waals surface area contributed by atoms with Gasteiger partial charge in [0.2, 0.25) is 0 Å². The number of hydrogen-bond acceptors (Lipinski definition) is 2. The summed E-state index contributed by atoms with van der Waals surface area (Å²) in [4.78, 5) is 2.55. The molecular weight excluding hydrogens is 232 g/mol. The summed E-state index contributed by atoms with van der Waals surface area (Å²) in [6, 6.07) is 0.840. The van der Waals surface area contributed by atoms with Crippen molar-refractivity contribution < 1.29 is 0 Å². The van der Waals surface area contributed by atoms with Crippen LogP contribution in [-0.2, 0) is 0 Å². The van der Waals surface area contributed by atoms with Gasteiger partial charge in [-0.15, -0.1) is 0 Å². The largest absolute Gasteiger partial charge is 0.317 e. The maximum atomic E-state index is 3.63. The third-order valence-corrected chi connectivity index (χ3v) is 4.46. The Morgan fingerprint density at radius 1 is 1.05 bits per heavy atom. The van der Waals surface area contributed by atoms with Crippen LogP contribution in [0.5, 0.6) is 0 Å². The van der Waals surface area contributed by atoms with E-state index in [4.69, 9.17) is 0 Å². The molecule has 0 aromatic carbocycles. The number of hydrogen-bond donors (Lipinski definition) is 1. The van der Waals surface area contributed by atoms with E-state index in [2.05, 4.69) is 31.1 Å². The fraction of sp³-hybridized carbons (Fsp3) is 1.00. The lowest BCUT2D eigenvalue weighted by Crippen LogP contribution is -2.38. The Hall–Kier alpha value is -0.0800. The summed E-state index contributed by atoms with van der Waals surface area (Å²) in [5.41, 5.74) is 0. The fourth-order valence-corrected chi connectivity index (χ4v) is 3.06. The van der Waals surface area contributed by atoms with Crippen molar-refractivity contribution >= 4 is 0 Å². The molecule has 0 spiro atoms. The number of rotatable bonds is 10. The van der Waals surface area contributed by atoms with E-state index in [0.29, 0.717) is 0 Å². The van der Waals surface area contributed by atoms with Gasteiger partial charge in [0.15, 0.2) is 0 Å². The minimum atomic E-state index is 0.840. The summed E-state index contributed by atoms with van der Waals surface area (Å²) < 4.78 is 0. The molecule has 0 amide bonds. The zero-order valence-electron chi connectivity index (χ0n) is 13.6. The summed E-state index contributed by atoms with van der Waals surface area (Å²) in [6.45, 7) is 8.38. The zero-order chi connectivity index (χ0) is 13.9. The molecule has 114 valence electrons. The second-order valence-electron chi connectivity index (χ2n) is 6.77. The van der Waals surface area contributed by atoms with Gasteiger partial charge in [-0.1, -0.05) is 46.0 Å². The highest BCUT2D eigenvalue weighted by atomic mass is 15.1. The van der Waals surface area contributed by atoms with Crippen LogP contribution in [0, 0.1) is 5.92 Å². The van der Waals surface area contributed by atoms with Crippen molar-refractivity contribution in [3.05, 3.63) is 0 Å². The van der Waals surface area contributed by atoms with E-state index >= 15 is 0 Å². The van der Waals surface area contributed by atoms with Crippen LogP contribution in [0.1, 0.15) is 71.6 Å². The average Bonchev–Trinajstić information content (AvgIpc) is 2.38. The molecule has 1 N–H and O–H groups in total. The van der Waals surface area contributed by atoms with E-state index in [1.807, 2.05) is 0 Å². The van der Waals surface area contributed by atoms with Crippen molar-refractivity contribution in [2.75, 3.05) is 26.7 Å². The van der Waals surface area contributed by atoms with Crippen LogP contribution in [0.25, 0.3) is 0 Å². The van der Waals surface area contributed by atoms with Crippen molar-refractivity contribution in [3.8, 4) is 0 Å². The molecule has 2 nitrogen and oxygen atoms in total. The maximum Gasteiger partial charge on any atom is 0.0104 e. The second-order valence-corrected chi connectivity index (χ2v) is 6.77. The topological polar surface area (TPSA) is 15.3 Å². The summed E-state index contributed by atoms with van der Waals surface area (Å²) >= 11 is 0. The summed E-state index contributed by atoms with van der Waals surface area (Å²) in [7, 11) is 2.29. The van der Waals surface area contributed by atoms with Crippen molar-refractivity contribution in [3.63, 3.8) is 0 Å². The highest BCUT2D eigenvalue weighted by molar-refractivity contribution is 4.74. The van der Waals surface area contributed by atoms with Crippen molar-refractivity contribution in [2.45, 2.75) is 77.7 Å². The average molecular weight is 268 g/mol. The van der Waals surface area contributed by atoms with Gasteiger partial charge < -0.3 is 10.2 Å². The quantitative estimate of drug-likeness (QED) is 0.601. The summed E-state index contributed by atoms with van der Waals surface area (Å²) in [5, 5.41) is 3.63. The summed E-state index contributed by atoms with van der Waals surface area (Å²) in [6.07, 6.45) is 12.6. The third kappa shape index (κ3) is 8.65. The number of likely N-dealkylation sites (tertiary alicyclic amines) is 1. The normalized spacial score (nSPS) is 21.2. The number of piperidine rings is 1. The first-order valence-electron chi connectivity index (χ1n) is 8.61. The van der Waals surface area contributed by atoms with Crippen LogP contribution in [0.2, 0.25) is 0 Å². The Labute approximate surface area is 121 Å². The third-order valence-electron chi connectivity index (χ3n) is 4.46. The predicted octanol–water partition coefficient (Wildman–Crippen LogP) is 4.06. The lowest BCUT2D eigenvalue weighted by Gasteiger charge is -2.32. The molecule has 1 rings (SSSR count). The van der Waals surface area contributed by atoms with Gasteiger partial charge in [-0.25, -0.2) is 0 Å². The van der Waals surface area contributed by atoms with E-state index in [1.165, 1.54) is 77.4 Å². The molecule has 1 saturated heterocycles. The number of nitrogens with one attached hydrogen (secondary N) is 1. The molecule has 19 heavy (non-hydrogen) atoms. The molecule has 0 saturated carbocycles. The molecule has 1 aliphatic heterocycles. The zero-order valence-corrected chi connectivity index (χ0v) is 13.6. The Kier molecular flexibility index (Phi) is 9.54. The van der Waals surface area contributed by atoms with E-state index in [-0.39, 0.29) is 0 Å². The molecule has 0 aromatic heterocycles. The standard InChI is InChI=1S/C17H36N2/c1-16(2)10-6-4-5-8-13-18-14-12-17-11-7-9-15-19(17)3/h16-18H,4-15H2,1-3H3. The van der Waals surface area contributed by atoms with Crippen molar-refractivity contribution in [1.82, 2.24) is 10.2 Å². The Bertz CT molecular complexity index is 203. The number of nitrogens with zero attached hydrogens (tertiary/aromatic N) is 1. The Morgan fingerprint density at radius 3 is 2.58 bits per heavy atom. The van der Waals surface area contributed by atoms with Gasteiger partial charge in [-0.3, -0.25) is 0 Å². The Morgan fingerprint density at radius 2 is 1.84 bits per heavy atom. The Balaban J connectivity index is 1.83. The summed E-state index contributed by atoms with van der Waals surface area (Å²) in [5.74, 6) is 0.880. The molecular formula is C17H36N2. The van der Waals surface area contributed by atoms with Crippen LogP contribution < -0.4 is 5.32 Å². The first-order valence-corrected chi connectivity index (χ1v) is 8.61. The van der Waals surface area contributed by atoms with E-state index < -0.39 is 0 Å². The molecule has 2 heteroatoms. The SMILES string of the molecule is CC(C)CCCCCCNCCC1CCCCN1C. The molecule has 0 bridgehead atoms. The first-order chi connectivity index (χ1) is 9.20.